The molecule has 2 fully saturated rings. The second-order valence-electron chi connectivity index (χ2n) is 7.35. The predicted molar refractivity (Wildman–Crippen MR) is 96.4 cm³/mol. The highest BCUT2D eigenvalue weighted by molar-refractivity contribution is 5.81. The summed E-state index contributed by atoms with van der Waals surface area (Å²) in [5.74, 6) is -1.01. The van der Waals surface area contributed by atoms with Crippen molar-refractivity contribution in [1.29, 1.82) is 0 Å². The lowest BCUT2D eigenvalue weighted by Gasteiger charge is -2.36. The van der Waals surface area contributed by atoms with Gasteiger partial charge in [-0.25, -0.2) is 0 Å². The lowest BCUT2D eigenvalue weighted by molar-refractivity contribution is -0.146. The number of piperidine rings is 1. The van der Waals surface area contributed by atoms with Gasteiger partial charge in [0.1, 0.15) is 0 Å². The standard InChI is InChI=1S/C20H26N2O4/c23-18(7-6-14-4-2-1-3-5-14)22-10-8-15(9-11-22)19(24)21-17-12-16(13-17)20(25)26/h1-5,15-17H,6-13H2,(H,21,24)(H,25,26). The van der Waals surface area contributed by atoms with Gasteiger partial charge in [-0.3, -0.25) is 14.4 Å². The summed E-state index contributed by atoms with van der Waals surface area (Å²) in [4.78, 5) is 37.3. The molecule has 1 aliphatic carbocycles. The Balaban J connectivity index is 1.36. The van der Waals surface area contributed by atoms with Gasteiger partial charge in [0.25, 0.3) is 0 Å². The fourth-order valence-corrected chi connectivity index (χ4v) is 3.70. The van der Waals surface area contributed by atoms with Crippen LogP contribution in [0, 0.1) is 11.8 Å². The first-order valence-electron chi connectivity index (χ1n) is 9.38. The molecular weight excluding hydrogens is 332 g/mol. The zero-order chi connectivity index (χ0) is 18.5. The highest BCUT2D eigenvalue weighted by Crippen LogP contribution is 2.28. The Morgan fingerprint density at radius 1 is 1.04 bits per heavy atom. The van der Waals surface area contributed by atoms with Crippen molar-refractivity contribution < 1.29 is 19.5 Å². The maximum atomic E-state index is 12.4. The summed E-state index contributed by atoms with van der Waals surface area (Å²) in [6.07, 6.45) is 3.65. The second kappa shape index (κ2) is 8.34. The molecular formula is C20H26N2O4. The van der Waals surface area contributed by atoms with E-state index in [2.05, 4.69) is 5.32 Å². The summed E-state index contributed by atoms with van der Waals surface area (Å²) in [5, 5.41) is 11.8. The summed E-state index contributed by atoms with van der Waals surface area (Å²) >= 11 is 0. The number of amides is 2. The van der Waals surface area contributed by atoms with Gasteiger partial charge in [-0.2, -0.15) is 0 Å². The van der Waals surface area contributed by atoms with Crippen molar-refractivity contribution in [3.05, 3.63) is 35.9 Å². The van der Waals surface area contributed by atoms with E-state index in [9.17, 15) is 14.4 Å². The van der Waals surface area contributed by atoms with E-state index in [0.717, 1.165) is 12.0 Å². The normalized spacial score (nSPS) is 23.2. The lowest BCUT2D eigenvalue weighted by atomic mass is 9.80. The molecule has 1 aromatic carbocycles. The molecule has 0 atom stereocenters. The van der Waals surface area contributed by atoms with Crippen molar-refractivity contribution in [2.75, 3.05) is 13.1 Å². The molecule has 2 aliphatic rings. The van der Waals surface area contributed by atoms with Crippen LogP contribution in [-0.2, 0) is 20.8 Å². The number of carboxylic acids is 1. The number of aliphatic carboxylic acids is 1. The first kappa shape index (κ1) is 18.4. The average molecular weight is 358 g/mol. The molecule has 6 nitrogen and oxygen atoms in total. The molecule has 1 saturated heterocycles. The monoisotopic (exact) mass is 358 g/mol. The number of benzene rings is 1. The summed E-state index contributed by atoms with van der Waals surface area (Å²) in [5.41, 5.74) is 1.16. The van der Waals surface area contributed by atoms with Gasteiger partial charge in [0.05, 0.1) is 5.92 Å². The van der Waals surface area contributed by atoms with E-state index in [-0.39, 0.29) is 29.7 Å². The van der Waals surface area contributed by atoms with Gasteiger partial charge in [-0.15, -0.1) is 0 Å². The number of carboxylic acid groups (broad SMARTS) is 1. The summed E-state index contributed by atoms with van der Waals surface area (Å²) < 4.78 is 0. The minimum Gasteiger partial charge on any atom is -0.481 e. The number of likely N-dealkylation sites (tertiary alicyclic amines) is 1. The van der Waals surface area contributed by atoms with E-state index in [1.807, 2.05) is 35.2 Å². The van der Waals surface area contributed by atoms with Crippen molar-refractivity contribution >= 4 is 17.8 Å². The number of hydrogen-bond acceptors (Lipinski definition) is 3. The minimum atomic E-state index is -0.780. The second-order valence-corrected chi connectivity index (χ2v) is 7.35. The Kier molecular flexibility index (Phi) is 5.91. The molecule has 2 amide bonds. The summed E-state index contributed by atoms with van der Waals surface area (Å²) in [6, 6.07) is 9.97. The van der Waals surface area contributed by atoms with Crippen molar-refractivity contribution in [1.82, 2.24) is 10.2 Å². The van der Waals surface area contributed by atoms with E-state index in [4.69, 9.17) is 5.11 Å². The molecule has 0 spiro atoms. The molecule has 26 heavy (non-hydrogen) atoms. The largest absolute Gasteiger partial charge is 0.481 e. The topological polar surface area (TPSA) is 86.7 Å². The van der Waals surface area contributed by atoms with Crippen LogP contribution in [0.15, 0.2) is 30.3 Å². The molecule has 0 radical (unpaired) electrons. The van der Waals surface area contributed by atoms with Crippen LogP contribution in [0.25, 0.3) is 0 Å². The molecule has 1 heterocycles. The molecule has 1 saturated carbocycles. The van der Waals surface area contributed by atoms with Crippen LogP contribution in [0.5, 0.6) is 0 Å². The molecule has 0 unspecified atom stereocenters. The maximum Gasteiger partial charge on any atom is 0.306 e. The van der Waals surface area contributed by atoms with Crippen molar-refractivity contribution in [3.8, 4) is 0 Å². The van der Waals surface area contributed by atoms with E-state index in [0.29, 0.717) is 45.2 Å². The molecule has 1 aromatic rings. The Morgan fingerprint density at radius 2 is 1.69 bits per heavy atom. The summed E-state index contributed by atoms with van der Waals surface area (Å²) in [7, 11) is 0. The van der Waals surface area contributed by atoms with E-state index >= 15 is 0 Å². The van der Waals surface area contributed by atoms with Crippen molar-refractivity contribution in [2.45, 2.75) is 44.6 Å². The molecule has 0 bridgehead atoms. The van der Waals surface area contributed by atoms with E-state index < -0.39 is 5.97 Å². The Bertz CT molecular complexity index is 647. The van der Waals surface area contributed by atoms with Crippen molar-refractivity contribution in [3.63, 3.8) is 0 Å². The number of carbonyl (C=O) groups excluding carboxylic acids is 2. The highest BCUT2D eigenvalue weighted by atomic mass is 16.4. The number of nitrogens with zero attached hydrogens (tertiary/aromatic N) is 1. The fourth-order valence-electron chi connectivity index (χ4n) is 3.70. The van der Waals surface area contributed by atoms with Gasteiger partial charge >= 0.3 is 5.97 Å². The third-order valence-corrected chi connectivity index (χ3v) is 5.52. The zero-order valence-electron chi connectivity index (χ0n) is 14.9. The van der Waals surface area contributed by atoms with Gasteiger partial charge in [0.15, 0.2) is 0 Å². The molecule has 1 aliphatic heterocycles. The first-order chi connectivity index (χ1) is 12.5. The van der Waals surface area contributed by atoms with Crippen LogP contribution >= 0.6 is 0 Å². The van der Waals surface area contributed by atoms with Gasteiger partial charge in [-0.1, -0.05) is 30.3 Å². The molecule has 2 N–H and O–H groups in total. The molecule has 0 aromatic heterocycles. The van der Waals surface area contributed by atoms with Crippen LogP contribution in [0.1, 0.15) is 37.7 Å². The number of aryl methyl sites for hydroxylation is 1. The summed E-state index contributed by atoms with van der Waals surface area (Å²) in [6.45, 7) is 1.24. The predicted octanol–water partition coefficient (Wildman–Crippen LogP) is 1.84. The third-order valence-electron chi connectivity index (χ3n) is 5.52. The van der Waals surface area contributed by atoms with Crippen LogP contribution in [-0.4, -0.2) is 46.9 Å². The quantitative estimate of drug-likeness (QED) is 0.812. The number of carbonyl (C=O) groups is 3. The minimum absolute atomic E-state index is 0.00543. The Labute approximate surface area is 153 Å². The van der Waals surface area contributed by atoms with Crippen LogP contribution in [0.2, 0.25) is 0 Å². The van der Waals surface area contributed by atoms with E-state index in [1.54, 1.807) is 0 Å². The fraction of sp³-hybridized carbons (Fsp3) is 0.550. The molecule has 3 rings (SSSR count). The SMILES string of the molecule is O=C(O)C1CC(NC(=O)C2CCN(C(=O)CCc3ccccc3)CC2)C1. The number of nitrogens with one attached hydrogen (secondary N) is 1. The number of rotatable bonds is 6. The van der Waals surface area contributed by atoms with Crippen LogP contribution in [0.4, 0.5) is 0 Å². The van der Waals surface area contributed by atoms with Gasteiger partial charge in [0, 0.05) is 31.5 Å². The Morgan fingerprint density at radius 3 is 2.31 bits per heavy atom. The third kappa shape index (κ3) is 4.62. The first-order valence-corrected chi connectivity index (χ1v) is 9.38. The Hall–Kier alpha value is -2.37. The highest BCUT2D eigenvalue weighted by Gasteiger charge is 2.37. The lowest BCUT2D eigenvalue weighted by Crippen LogP contribution is -2.50. The van der Waals surface area contributed by atoms with Gasteiger partial charge in [-0.05, 0) is 37.7 Å². The molecule has 6 heteroatoms. The van der Waals surface area contributed by atoms with Crippen molar-refractivity contribution in [2.24, 2.45) is 11.8 Å². The van der Waals surface area contributed by atoms with E-state index in [1.165, 1.54) is 0 Å². The molecule has 140 valence electrons. The smallest absolute Gasteiger partial charge is 0.306 e. The maximum absolute atomic E-state index is 12.4. The van der Waals surface area contributed by atoms with Gasteiger partial charge in [0.2, 0.25) is 11.8 Å². The van der Waals surface area contributed by atoms with Gasteiger partial charge < -0.3 is 15.3 Å². The van der Waals surface area contributed by atoms with Crippen LogP contribution < -0.4 is 5.32 Å². The van der Waals surface area contributed by atoms with Crippen LogP contribution in [0.3, 0.4) is 0 Å². The number of hydrogen-bond donors (Lipinski definition) is 2. The zero-order valence-corrected chi connectivity index (χ0v) is 14.9. The average Bonchev–Trinajstić information content (AvgIpc) is 2.62.